The molecule has 0 aliphatic rings. The molecule has 0 aliphatic carbocycles. The van der Waals surface area contributed by atoms with Gasteiger partial charge in [-0.2, -0.15) is 0 Å². The molecule has 0 amide bonds. The topological polar surface area (TPSA) is 112 Å². The van der Waals surface area contributed by atoms with E-state index in [-0.39, 0.29) is 30.6 Å². The number of alkyl halides is 2. The van der Waals surface area contributed by atoms with Crippen LogP contribution in [-0.4, -0.2) is 56.1 Å². The zero-order valence-corrected chi connectivity index (χ0v) is 28.6. The molecule has 0 fully saturated rings. The maximum atomic E-state index is 12.1. The van der Waals surface area contributed by atoms with Crippen molar-refractivity contribution in [2.45, 2.75) is 82.0 Å². The van der Waals surface area contributed by atoms with Crippen LogP contribution in [0.3, 0.4) is 0 Å². The van der Waals surface area contributed by atoms with E-state index in [4.69, 9.17) is 17.3 Å². The van der Waals surface area contributed by atoms with Crippen molar-refractivity contribution in [3.8, 4) is 11.5 Å². The minimum absolute atomic E-state index is 0.0732. The van der Waals surface area contributed by atoms with Gasteiger partial charge in [0, 0.05) is 12.0 Å². The van der Waals surface area contributed by atoms with E-state index in [9.17, 15) is 19.8 Å². The van der Waals surface area contributed by atoms with E-state index >= 15 is 0 Å². The van der Waals surface area contributed by atoms with Crippen molar-refractivity contribution < 1.29 is 37.1 Å². The SMILES string of the molecule is C=C(C)C(=O)OCC(O)I(C)Oc1ccc(C(C)(C)c2ccc(OCC(O)CC(CC)(CC)OC(=O)C(=C)C)cc2)cc1. The first-order chi connectivity index (χ1) is 20.1. The van der Waals surface area contributed by atoms with Crippen LogP contribution in [0.1, 0.15) is 71.9 Å². The number of rotatable bonds is 17. The van der Waals surface area contributed by atoms with Crippen LogP contribution in [-0.2, 0) is 24.5 Å². The molecule has 2 atom stereocenters. The van der Waals surface area contributed by atoms with Crippen molar-refractivity contribution in [1.29, 1.82) is 0 Å². The maximum absolute atomic E-state index is 12.1. The van der Waals surface area contributed by atoms with Gasteiger partial charge < -0.3 is 9.84 Å². The summed E-state index contributed by atoms with van der Waals surface area (Å²) in [5, 5.41) is 21.0. The van der Waals surface area contributed by atoms with E-state index in [1.165, 1.54) is 0 Å². The van der Waals surface area contributed by atoms with Crippen LogP contribution in [0.5, 0.6) is 11.5 Å². The first kappa shape index (κ1) is 36.3. The summed E-state index contributed by atoms with van der Waals surface area (Å²) in [6, 6.07) is 15.5. The molecule has 2 N–H and O–H groups in total. The van der Waals surface area contributed by atoms with Gasteiger partial charge in [0.15, 0.2) is 0 Å². The number of hydrogen-bond acceptors (Lipinski definition) is 8. The molecule has 0 saturated carbocycles. The number of aliphatic hydroxyl groups excluding tert-OH is 2. The number of ether oxygens (including phenoxy) is 3. The molecule has 8 nitrogen and oxygen atoms in total. The second-order valence-corrected chi connectivity index (χ2v) is 15.8. The molecule has 238 valence electrons. The molecule has 9 heteroatoms. The molecule has 0 saturated heterocycles. The van der Waals surface area contributed by atoms with Crippen LogP contribution in [0.25, 0.3) is 0 Å². The zero-order chi connectivity index (χ0) is 32.4. The number of benzene rings is 2. The Kier molecular flexibility index (Phi) is 13.7. The zero-order valence-electron chi connectivity index (χ0n) is 26.4. The van der Waals surface area contributed by atoms with E-state index in [1.54, 1.807) is 13.8 Å². The van der Waals surface area contributed by atoms with Crippen molar-refractivity contribution in [3.63, 3.8) is 0 Å². The van der Waals surface area contributed by atoms with Gasteiger partial charge in [-0.05, 0) is 19.8 Å². The number of carbonyl (C=O) groups is 2. The van der Waals surface area contributed by atoms with E-state index in [2.05, 4.69) is 27.0 Å². The van der Waals surface area contributed by atoms with Crippen molar-refractivity contribution in [2.24, 2.45) is 0 Å². The molecule has 0 aliphatic heterocycles. The Morgan fingerprint density at radius 1 is 0.837 bits per heavy atom. The molecule has 43 heavy (non-hydrogen) atoms. The Labute approximate surface area is 264 Å². The van der Waals surface area contributed by atoms with Gasteiger partial charge in [0.1, 0.15) is 5.60 Å². The van der Waals surface area contributed by atoms with E-state index in [0.717, 1.165) is 11.1 Å². The van der Waals surface area contributed by atoms with Crippen molar-refractivity contribution in [3.05, 3.63) is 84.0 Å². The van der Waals surface area contributed by atoms with Crippen molar-refractivity contribution in [1.82, 2.24) is 0 Å². The summed E-state index contributed by atoms with van der Waals surface area (Å²) in [7, 11) is 0. The molecule has 2 rings (SSSR count). The summed E-state index contributed by atoms with van der Waals surface area (Å²) in [6.45, 7) is 18.4. The number of esters is 2. The van der Waals surface area contributed by atoms with Gasteiger partial charge >= 0.3 is 186 Å². The third-order valence-electron chi connectivity index (χ3n) is 7.41. The van der Waals surface area contributed by atoms with Gasteiger partial charge in [-0.25, -0.2) is 4.79 Å². The van der Waals surface area contributed by atoms with Gasteiger partial charge in [0.05, 0.1) is 6.10 Å². The first-order valence-electron chi connectivity index (χ1n) is 14.3. The standard InChI is InChI=1S/C34H47IO8/c1-10-34(11-2,42-32(39)24(5)6)20-27(36)21-40-28-16-12-25(13-17-28)33(7,8)26-14-18-29(19-15-26)43-35(9)30(37)22-41-31(38)23(3)4/h12-19,27,30,36-37H,3,5,10-11,20-22H2,1-2,4,6-9H3. The molecule has 0 bridgehead atoms. The fraction of sp³-hybridized carbons (Fsp3) is 0.471. The molecule has 0 heterocycles. The van der Waals surface area contributed by atoms with Crippen LogP contribution in [0.4, 0.5) is 0 Å². The normalized spacial score (nSPS) is 13.4. The average Bonchev–Trinajstić information content (AvgIpc) is 2.98. The van der Waals surface area contributed by atoms with E-state index in [0.29, 0.717) is 29.9 Å². The van der Waals surface area contributed by atoms with Crippen LogP contribution in [0.15, 0.2) is 72.8 Å². The van der Waals surface area contributed by atoms with Gasteiger partial charge in [0.2, 0.25) is 0 Å². The minimum atomic E-state index is -2.28. The third kappa shape index (κ3) is 10.7. The number of aliphatic hydroxyl groups is 2. The quantitative estimate of drug-likeness (QED) is 0.0810. The Bertz CT molecular complexity index is 1230. The molecular formula is C34H47IO8. The predicted octanol–water partition coefficient (Wildman–Crippen LogP) is 6.69. The fourth-order valence-electron chi connectivity index (χ4n) is 4.30. The van der Waals surface area contributed by atoms with Crippen LogP contribution in [0.2, 0.25) is 0 Å². The first-order valence-corrected chi connectivity index (χ1v) is 18.6. The number of carbonyl (C=O) groups excluding carboxylic acids is 2. The molecule has 2 aromatic carbocycles. The molecule has 2 unspecified atom stereocenters. The Hall–Kier alpha value is -2.89. The Balaban J connectivity index is 1.97. The third-order valence-corrected chi connectivity index (χ3v) is 11.0. The van der Waals surface area contributed by atoms with Crippen LogP contribution < -0.4 is 7.80 Å². The van der Waals surface area contributed by atoms with Gasteiger partial charge in [0.25, 0.3) is 0 Å². The molecular weight excluding hydrogens is 663 g/mol. The molecule has 0 radical (unpaired) electrons. The van der Waals surface area contributed by atoms with E-state index < -0.39 is 48.0 Å². The Morgan fingerprint density at radius 2 is 1.33 bits per heavy atom. The van der Waals surface area contributed by atoms with Gasteiger partial charge in [-0.3, -0.25) is 0 Å². The van der Waals surface area contributed by atoms with Crippen molar-refractivity contribution >= 4 is 32.2 Å². The second kappa shape index (κ2) is 16.3. The summed E-state index contributed by atoms with van der Waals surface area (Å²) >= 11 is -2.28. The van der Waals surface area contributed by atoms with Crippen LogP contribution >= 0.6 is 20.2 Å². The predicted molar refractivity (Wildman–Crippen MR) is 178 cm³/mol. The Morgan fingerprint density at radius 3 is 1.79 bits per heavy atom. The summed E-state index contributed by atoms with van der Waals surface area (Å²) in [4.78, 5) is 25.6. The number of halogens is 1. The summed E-state index contributed by atoms with van der Waals surface area (Å²) in [6.07, 6.45) is 0.611. The number of hydrogen-bond donors (Lipinski definition) is 2. The summed E-state index contributed by atoms with van der Waals surface area (Å²) in [5.41, 5.74) is 1.69. The van der Waals surface area contributed by atoms with E-state index in [1.807, 2.05) is 67.3 Å². The van der Waals surface area contributed by atoms with Crippen LogP contribution in [0, 0.1) is 0 Å². The average molecular weight is 711 g/mol. The van der Waals surface area contributed by atoms with Gasteiger partial charge in [-0.1, -0.05) is 20.4 Å². The summed E-state index contributed by atoms with van der Waals surface area (Å²) in [5.74, 6) is 0.309. The molecule has 2 aromatic rings. The summed E-state index contributed by atoms with van der Waals surface area (Å²) < 4.78 is 21.8. The molecule has 0 aromatic heterocycles. The molecule has 0 spiro atoms. The van der Waals surface area contributed by atoms with Gasteiger partial charge in [-0.15, -0.1) is 0 Å². The monoisotopic (exact) mass is 710 g/mol. The second-order valence-electron chi connectivity index (χ2n) is 11.3. The fourth-order valence-corrected chi connectivity index (χ4v) is 6.37. The van der Waals surface area contributed by atoms with Crippen molar-refractivity contribution in [2.75, 3.05) is 18.1 Å².